The lowest BCUT2D eigenvalue weighted by atomic mass is 9.96. The van der Waals surface area contributed by atoms with Crippen molar-refractivity contribution >= 4 is 10.8 Å². The Morgan fingerprint density at radius 1 is 1.07 bits per heavy atom. The van der Waals surface area contributed by atoms with Gasteiger partial charge in [0.05, 0.1) is 0 Å². The summed E-state index contributed by atoms with van der Waals surface area (Å²) in [4.78, 5) is 0. The summed E-state index contributed by atoms with van der Waals surface area (Å²) < 4.78 is 19.5. The van der Waals surface area contributed by atoms with E-state index in [1.165, 1.54) is 5.56 Å². The van der Waals surface area contributed by atoms with Crippen molar-refractivity contribution in [1.29, 1.82) is 5.26 Å². The van der Waals surface area contributed by atoms with E-state index < -0.39 is 0 Å². The van der Waals surface area contributed by atoms with Gasteiger partial charge in [-0.1, -0.05) is 42.5 Å². The molecule has 3 nitrogen and oxygen atoms in total. The van der Waals surface area contributed by atoms with Crippen LogP contribution >= 0.6 is 0 Å². The average Bonchev–Trinajstić information content (AvgIpc) is 3.21. The molecule has 0 bridgehead atoms. The molecule has 4 rings (SSSR count). The van der Waals surface area contributed by atoms with Gasteiger partial charge in [-0.25, -0.2) is 4.39 Å². The van der Waals surface area contributed by atoms with Gasteiger partial charge in [0.15, 0.2) is 6.61 Å². The molecule has 0 spiro atoms. The number of rotatable bonds is 6. The van der Waals surface area contributed by atoms with Crippen LogP contribution in [0.4, 0.5) is 4.39 Å². The van der Waals surface area contributed by atoms with E-state index in [-0.39, 0.29) is 18.5 Å². The summed E-state index contributed by atoms with van der Waals surface area (Å²) in [6.45, 7) is 2.24. The molecule has 0 radical (unpaired) electrons. The molecular formula is C25H25FN2O. The first-order valence-corrected chi connectivity index (χ1v) is 10.2. The number of ether oxygens (including phenoxy) is 1. The Labute approximate surface area is 171 Å². The number of nitrogens with one attached hydrogen (secondary N) is 1. The minimum absolute atomic E-state index is 0.0741. The molecule has 0 aromatic heterocycles. The third-order valence-electron chi connectivity index (χ3n) is 5.94. The molecule has 0 unspecified atom stereocenters. The topological polar surface area (TPSA) is 45.0 Å². The van der Waals surface area contributed by atoms with Crippen molar-refractivity contribution in [1.82, 2.24) is 5.32 Å². The fraction of sp³-hybridized carbons (Fsp3) is 0.320. The zero-order valence-corrected chi connectivity index (χ0v) is 16.6. The van der Waals surface area contributed by atoms with Crippen molar-refractivity contribution < 1.29 is 9.13 Å². The molecule has 4 heteroatoms. The van der Waals surface area contributed by atoms with E-state index >= 15 is 0 Å². The molecule has 1 N–H and O–H groups in total. The third-order valence-corrected chi connectivity index (χ3v) is 5.94. The average molecular weight is 388 g/mol. The van der Waals surface area contributed by atoms with E-state index in [2.05, 4.69) is 24.4 Å². The van der Waals surface area contributed by atoms with Crippen LogP contribution in [0.5, 0.6) is 5.75 Å². The van der Waals surface area contributed by atoms with E-state index in [4.69, 9.17) is 10.00 Å². The van der Waals surface area contributed by atoms with Gasteiger partial charge in [0.2, 0.25) is 0 Å². The van der Waals surface area contributed by atoms with Gasteiger partial charge in [0.25, 0.3) is 0 Å². The molecule has 0 amide bonds. The minimum Gasteiger partial charge on any atom is -0.479 e. The zero-order valence-electron chi connectivity index (χ0n) is 16.6. The van der Waals surface area contributed by atoms with Gasteiger partial charge in [0, 0.05) is 17.5 Å². The predicted octanol–water partition coefficient (Wildman–Crippen LogP) is 5.87. The Morgan fingerprint density at radius 2 is 1.83 bits per heavy atom. The van der Waals surface area contributed by atoms with Crippen molar-refractivity contribution in [3.8, 4) is 11.8 Å². The highest BCUT2D eigenvalue weighted by Gasteiger charge is 2.27. The van der Waals surface area contributed by atoms with Gasteiger partial charge in [0.1, 0.15) is 17.6 Å². The van der Waals surface area contributed by atoms with E-state index in [9.17, 15) is 4.39 Å². The van der Waals surface area contributed by atoms with Gasteiger partial charge in [-0.2, -0.15) is 5.26 Å². The van der Waals surface area contributed by atoms with Crippen LogP contribution in [0.1, 0.15) is 49.3 Å². The van der Waals surface area contributed by atoms with Crippen molar-refractivity contribution in [2.75, 3.05) is 6.61 Å². The number of benzene rings is 3. The maximum Gasteiger partial charge on any atom is 0.174 e. The lowest BCUT2D eigenvalue weighted by Gasteiger charge is -2.22. The molecule has 0 heterocycles. The number of hydrogen-bond acceptors (Lipinski definition) is 3. The maximum absolute atomic E-state index is 14.1. The summed E-state index contributed by atoms with van der Waals surface area (Å²) in [5.41, 5.74) is 2.46. The fourth-order valence-corrected chi connectivity index (χ4v) is 4.49. The highest BCUT2D eigenvalue weighted by molar-refractivity contribution is 5.86. The molecule has 1 aliphatic carbocycles. The van der Waals surface area contributed by atoms with Crippen LogP contribution in [-0.4, -0.2) is 12.6 Å². The first kappa shape index (κ1) is 19.4. The van der Waals surface area contributed by atoms with Crippen molar-refractivity contribution in [2.45, 2.75) is 44.2 Å². The van der Waals surface area contributed by atoms with E-state index in [1.54, 1.807) is 6.07 Å². The second-order valence-electron chi connectivity index (χ2n) is 7.79. The molecule has 1 saturated carbocycles. The quantitative estimate of drug-likeness (QED) is 0.574. The largest absolute Gasteiger partial charge is 0.479 e. The monoisotopic (exact) mass is 388 g/mol. The molecule has 3 aromatic carbocycles. The molecule has 0 saturated heterocycles. The normalized spacial score (nSPS) is 19.8. The van der Waals surface area contributed by atoms with Crippen molar-refractivity contribution in [2.24, 2.45) is 0 Å². The summed E-state index contributed by atoms with van der Waals surface area (Å²) in [7, 11) is 0. The van der Waals surface area contributed by atoms with Gasteiger partial charge in [-0.05, 0) is 66.8 Å². The zero-order chi connectivity index (χ0) is 20.2. The molecule has 29 heavy (non-hydrogen) atoms. The van der Waals surface area contributed by atoms with Crippen molar-refractivity contribution in [3.63, 3.8) is 0 Å². The van der Waals surface area contributed by atoms with Crippen LogP contribution in [0, 0.1) is 17.1 Å². The molecule has 1 aliphatic rings. The minimum atomic E-state index is -0.167. The fourth-order valence-electron chi connectivity index (χ4n) is 4.49. The third kappa shape index (κ3) is 4.26. The summed E-state index contributed by atoms with van der Waals surface area (Å²) in [5.74, 6) is 1.09. The van der Waals surface area contributed by atoms with Gasteiger partial charge in [-0.15, -0.1) is 0 Å². The van der Waals surface area contributed by atoms with Gasteiger partial charge in [-0.3, -0.25) is 0 Å². The van der Waals surface area contributed by atoms with E-state index in [0.717, 1.165) is 36.0 Å². The summed E-state index contributed by atoms with van der Waals surface area (Å²) in [5, 5.41) is 14.0. The van der Waals surface area contributed by atoms with Crippen LogP contribution < -0.4 is 10.1 Å². The standard InChI is InChI=1S/C25H25FN2O/c1-17(22-12-13-25(26)24-5-3-2-4-23(22)24)28-20-9-6-19(16-20)18-7-10-21(11-8-18)29-15-14-27/h2-5,7-8,10-13,17,19-20,28H,6,9,15-16H2,1H3/t17-,19-,20+/m1/s1. The van der Waals surface area contributed by atoms with E-state index in [0.29, 0.717) is 17.3 Å². The van der Waals surface area contributed by atoms with Crippen LogP contribution in [0.25, 0.3) is 10.8 Å². The van der Waals surface area contributed by atoms with Gasteiger partial charge < -0.3 is 10.1 Å². The summed E-state index contributed by atoms with van der Waals surface area (Å²) in [6, 6.07) is 21.9. The number of hydrogen-bond donors (Lipinski definition) is 1. The first-order chi connectivity index (χ1) is 14.2. The second-order valence-corrected chi connectivity index (χ2v) is 7.79. The lowest BCUT2D eigenvalue weighted by molar-refractivity contribution is 0.368. The van der Waals surface area contributed by atoms with Crippen LogP contribution in [0.3, 0.4) is 0 Å². The summed E-state index contributed by atoms with van der Waals surface area (Å²) in [6.07, 6.45) is 3.36. The van der Waals surface area contributed by atoms with Crippen LogP contribution in [-0.2, 0) is 0 Å². The Kier molecular flexibility index (Phi) is 5.78. The second kappa shape index (κ2) is 8.63. The highest BCUT2D eigenvalue weighted by atomic mass is 19.1. The smallest absolute Gasteiger partial charge is 0.174 e. The number of halogens is 1. The molecule has 0 aliphatic heterocycles. The Bertz CT molecular complexity index is 1030. The molecule has 3 atom stereocenters. The van der Waals surface area contributed by atoms with Crippen LogP contribution in [0.15, 0.2) is 60.7 Å². The SMILES string of the molecule is C[C@@H](N[C@H]1CC[C@@H](c2ccc(OCC#N)cc2)C1)c1ccc(F)c2ccccc12. The summed E-state index contributed by atoms with van der Waals surface area (Å²) >= 11 is 0. The van der Waals surface area contributed by atoms with E-state index in [1.807, 2.05) is 48.5 Å². The number of nitriles is 1. The highest BCUT2D eigenvalue weighted by Crippen LogP contribution is 2.36. The predicted molar refractivity (Wildman–Crippen MR) is 113 cm³/mol. The molecule has 1 fully saturated rings. The number of nitrogens with zero attached hydrogens (tertiary/aromatic N) is 1. The first-order valence-electron chi connectivity index (χ1n) is 10.2. The number of fused-ring (bicyclic) bond motifs is 1. The Hall–Kier alpha value is -2.90. The maximum atomic E-state index is 14.1. The Morgan fingerprint density at radius 3 is 2.59 bits per heavy atom. The molecule has 3 aromatic rings. The lowest BCUT2D eigenvalue weighted by Crippen LogP contribution is -2.29. The Balaban J connectivity index is 1.42. The van der Waals surface area contributed by atoms with Gasteiger partial charge >= 0.3 is 0 Å². The van der Waals surface area contributed by atoms with Crippen molar-refractivity contribution in [3.05, 3.63) is 77.6 Å². The molecule has 148 valence electrons. The van der Waals surface area contributed by atoms with Crippen LogP contribution in [0.2, 0.25) is 0 Å². The molecular weight excluding hydrogens is 363 g/mol.